The minimum atomic E-state index is -0.336. The number of halogens is 2. The molecule has 0 heterocycles. The van der Waals surface area contributed by atoms with Gasteiger partial charge in [-0.25, -0.2) is 11.6 Å². The van der Waals surface area contributed by atoms with E-state index < -0.39 is 0 Å². The van der Waals surface area contributed by atoms with Crippen LogP contribution in [-0.4, -0.2) is 8.80 Å². The number of fused-ring (bicyclic) bond motifs is 3. The fourth-order valence-corrected chi connectivity index (χ4v) is 5.43. The van der Waals surface area contributed by atoms with Gasteiger partial charge in [0.25, 0.3) is 0 Å². The first-order chi connectivity index (χ1) is 11.7. The van der Waals surface area contributed by atoms with E-state index in [9.17, 15) is 0 Å². The molecule has 0 nitrogen and oxygen atoms in total. The average molecular weight is 493 g/mol. The summed E-state index contributed by atoms with van der Waals surface area (Å²) in [5.41, 5.74) is 8.14. The maximum Gasteiger partial charge on any atom is 3.00 e. The third kappa shape index (κ3) is 6.29. The van der Waals surface area contributed by atoms with Gasteiger partial charge >= 0.3 is 26.2 Å². The molecule has 0 aromatic heterocycles. The summed E-state index contributed by atoms with van der Waals surface area (Å²) in [6.07, 6.45) is 11.0. The van der Waals surface area contributed by atoms with Gasteiger partial charge in [0, 0.05) is 5.54 Å². The van der Waals surface area contributed by atoms with E-state index >= 15 is 0 Å². The van der Waals surface area contributed by atoms with Crippen molar-refractivity contribution in [3.05, 3.63) is 83.5 Å². The quantitative estimate of drug-likeness (QED) is 0.434. The molecule has 0 aliphatic heterocycles. The Hall–Kier alpha value is -0.400. The van der Waals surface area contributed by atoms with Crippen LogP contribution in [0.4, 0.5) is 0 Å². The van der Waals surface area contributed by atoms with Crippen molar-refractivity contribution in [3.8, 4) is 11.1 Å². The average Bonchev–Trinajstić information content (AvgIpc) is 3.21. The normalized spacial score (nSPS) is 13.3. The van der Waals surface area contributed by atoms with Gasteiger partial charge in [-0.2, -0.15) is 6.08 Å². The van der Waals surface area contributed by atoms with Gasteiger partial charge in [0.2, 0.25) is 0 Å². The summed E-state index contributed by atoms with van der Waals surface area (Å²) in [7, 11) is -0.336. The van der Waals surface area contributed by atoms with Crippen molar-refractivity contribution in [2.45, 2.75) is 44.8 Å². The number of rotatable bonds is 3. The van der Waals surface area contributed by atoms with E-state index in [0.717, 1.165) is 6.42 Å². The fraction of sp³-hybridized carbons (Fsp3) is 0.304. The van der Waals surface area contributed by atoms with Crippen molar-refractivity contribution < 1.29 is 51.0 Å². The Morgan fingerprint density at radius 1 is 0.926 bits per heavy atom. The molecule has 0 atom stereocenters. The molecule has 27 heavy (non-hydrogen) atoms. The Balaban J connectivity index is 0.000000535. The maximum atomic E-state index is 3.14. The molecule has 0 saturated carbocycles. The zero-order chi connectivity index (χ0) is 16.9. The van der Waals surface area contributed by atoms with Crippen molar-refractivity contribution in [1.82, 2.24) is 0 Å². The Morgan fingerprint density at radius 2 is 1.44 bits per heavy atom. The molecule has 4 rings (SSSR count). The van der Waals surface area contributed by atoms with E-state index in [4.69, 9.17) is 0 Å². The monoisotopic (exact) mass is 490 g/mol. The van der Waals surface area contributed by atoms with Gasteiger partial charge in [-0.1, -0.05) is 81.4 Å². The Kier molecular flexibility index (Phi) is 12.7. The first-order valence-electron chi connectivity index (χ1n) is 8.96. The molecule has 0 unspecified atom stereocenters. The van der Waals surface area contributed by atoms with Crippen molar-refractivity contribution in [2.24, 2.45) is 0 Å². The molecule has 0 spiro atoms. The number of hydrogen-bond donors (Lipinski definition) is 0. The predicted molar refractivity (Wildman–Crippen MR) is 107 cm³/mol. The van der Waals surface area contributed by atoms with Gasteiger partial charge in [-0.3, -0.25) is 6.08 Å². The molecule has 0 N–H and O–H groups in total. The van der Waals surface area contributed by atoms with Crippen LogP contribution >= 0.6 is 0 Å². The summed E-state index contributed by atoms with van der Waals surface area (Å²) < 4.78 is 0. The van der Waals surface area contributed by atoms with Gasteiger partial charge < -0.3 is 24.8 Å². The van der Waals surface area contributed by atoms with E-state index in [1.54, 1.807) is 11.1 Å². The second-order valence-corrected chi connectivity index (χ2v) is 9.50. The van der Waals surface area contributed by atoms with Crippen molar-refractivity contribution in [3.63, 3.8) is 0 Å². The van der Waals surface area contributed by atoms with E-state index in [0.29, 0.717) is 5.54 Å². The molecule has 0 saturated heterocycles. The van der Waals surface area contributed by atoms with Gasteiger partial charge in [0.05, 0.1) is 8.80 Å². The maximum absolute atomic E-state index is 3.14. The van der Waals surface area contributed by atoms with Gasteiger partial charge in [-0.15, -0.1) is 6.42 Å². The fourth-order valence-electron chi connectivity index (χ4n) is 3.68. The summed E-state index contributed by atoms with van der Waals surface area (Å²) >= 11 is 0. The molecule has 2 aliphatic rings. The Bertz CT molecular complexity index is 723. The third-order valence-electron chi connectivity index (χ3n) is 4.72. The molecule has 0 bridgehead atoms. The molecular formula is C23H26Cl2SiZr. The zero-order valence-corrected chi connectivity index (χ0v) is 21.2. The van der Waals surface area contributed by atoms with Gasteiger partial charge in [0.1, 0.15) is 0 Å². The van der Waals surface area contributed by atoms with Crippen LogP contribution < -0.4 is 24.8 Å². The molecule has 2 radical (unpaired) electrons. The number of benzene rings is 2. The zero-order valence-electron chi connectivity index (χ0n) is 16.2. The van der Waals surface area contributed by atoms with Crippen molar-refractivity contribution in [2.75, 3.05) is 0 Å². The minimum absolute atomic E-state index is 0. The van der Waals surface area contributed by atoms with Crippen LogP contribution in [-0.2, 0) is 26.2 Å². The minimum Gasteiger partial charge on any atom is -1.00 e. The van der Waals surface area contributed by atoms with Gasteiger partial charge in [0.15, 0.2) is 0 Å². The smallest absolute Gasteiger partial charge is 1.00 e. The Morgan fingerprint density at radius 3 is 1.85 bits per heavy atom. The summed E-state index contributed by atoms with van der Waals surface area (Å²) in [5, 5.41) is 0. The van der Waals surface area contributed by atoms with Crippen LogP contribution in [0.25, 0.3) is 11.1 Å². The van der Waals surface area contributed by atoms with Crippen LogP contribution in [0.3, 0.4) is 0 Å². The number of allylic oxidation sites excluding steroid dienone is 4. The summed E-state index contributed by atoms with van der Waals surface area (Å²) in [6, 6.07) is 17.8. The molecule has 4 heteroatoms. The largest absolute Gasteiger partial charge is 3.00 e. The molecule has 2 aromatic carbocycles. The van der Waals surface area contributed by atoms with Crippen LogP contribution in [0.5, 0.6) is 0 Å². The topological polar surface area (TPSA) is 0 Å². The standard InChI is InChI=1S/C15H15Si.C8H11.2ClH.Zr/c1-16(2)15-13-9-5-3-7-11(13)12-8-4-6-10-14(12)15;1-2-5-8-6-3-4-7-8;;;/h3-10,15H,1-2H3;6-7H,2-3,5H2,1H3;2*1H;/q;-1;;;+3/p-2. The molecule has 0 amide bonds. The van der Waals surface area contributed by atoms with Crippen molar-refractivity contribution in [1.29, 1.82) is 0 Å². The first kappa shape index (κ1) is 26.6. The van der Waals surface area contributed by atoms with Crippen LogP contribution in [0.1, 0.15) is 42.9 Å². The van der Waals surface area contributed by atoms with Crippen LogP contribution in [0.15, 0.2) is 66.3 Å². The summed E-state index contributed by atoms with van der Waals surface area (Å²) in [6.45, 7) is 7.02. The van der Waals surface area contributed by atoms with Crippen LogP contribution in [0, 0.1) is 6.08 Å². The number of hydrogen-bond acceptors (Lipinski definition) is 0. The Labute approximate surface area is 198 Å². The van der Waals surface area contributed by atoms with E-state index in [1.165, 1.54) is 29.5 Å². The van der Waals surface area contributed by atoms with E-state index in [-0.39, 0.29) is 59.8 Å². The first-order valence-corrected chi connectivity index (χ1v) is 11.5. The summed E-state index contributed by atoms with van der Waals surface area (Å²) in [5.74, 6) is 0. The molecule has 140 valence electrons. The van der Waals surface area contributed by atoms with Gasteiger partial charge in [-0.05, 0) is 22.3 Å². The molecular weight excluding hydrogens is 466 g/mol. The van der Waals surface area contributed by atoms with E-state index in [1.807, 2.05) is 0 Å². The second kappa shape index (κ2) is 12.9. The third-order valence-corrected chi connectivity index (χ3v) is 6.50. The van der Waals surface area contributed by atoms with Crippen LogP contribution in [0.2, 0.25) is 13.1 Å². The molecule has 0 fully saturated rings. The van der Waals surface area contributed by atoms with Crippen molar-refractivity contribution >= 4 is 8.80 Å². The second-order valence-electron chi connectivity index (χ2n) is 6.77. The van der Waals surface area contributed by atoms with E-state index in [2.05, 4.69) is 86.8 Å². The SMILES string of the molecule is CCCC1=CC[C-]=C1.C[Si](C)C1c2ccccc2-c2ccccc21.[Cl-].[Cl-].[Zr+3]. The molecule has 2 aromatic rings. The molecule has 2 aliphatic carbocycles. The predicted octanol–water partition coefficient (Wildman–Crippen LogP) is 0.574. The summed E-state index contributed by atoms with van der Waals surface area (Å²) in [4.78, 5) is 0.